The van der Waals surface area contributed by atoms with Gasteiger partial charge in [-0.25, -0.2) is 8.78 Å². The lowest BCUT2D eigenvalue weighted by atomic mass is 10.1. The van der Waals surface area contributed by atoms with E-state index in [0.29, 0.717) is 44.4 Å². The van der Waals surface area contributed by atoms with Crippen LogP contribution < -0.4 is 0 Å². The Labute approximate surface area is 153 Å². The standard InChI is InChI=1S/C18H16F3N3O3/c19-13-2-3-14(15(20)10-13)18(25)23-7-5-22(6-8-23)11-12-1-4-17(24(26)27)16(21)9-12/h1-4,9-10H,5-8,11H2. The zero-order chi connectivity index (χ0) is 19.6. The van der Waals surface area contributed by atoms with Gasteiger partial charge in [0.25, 0.3) is 5.91 Å². The summed E-state index contributed by atoms with van der Waals surface area (Å²) < 4.78 is 40.4. The smallest absolute Gasteiger partial charge is 0.304 e. The molecule has 3 rings (SSSR count). The summed E-state index contributed by atoms with van der Waals surface area (Å²) in [6.07, 6.45) is 0. The highest BCUT2D eigenvalue weighted by molar-refractivity contribution is 5.94. The number of piperazine rings is 1. The number of carbonyl (C=O) groups is 1. The fourth-order valence-corrected chi connectivity index (χ4v) is 3.00. The molecule has 1 aliphatic rings. The van der Waals surface area contributed by atoms with E-state index in [9.17, 15) is 28.1 Å². The Hall–Kier alpha value is -2.94. The molecule has 2 aromatic carbocycles. The minimum absolute atomic E-state index is 0.178. The summed E-state index contributed by atoms with van der Waals surface area (Å²) >= 11 is 0. The van der Waals surface area contributed by atoms with Gasteiger partial charge in [0.2, 0.25) is 5.82 Å². The van der Waals surface area contributed by atoms with Crippen molar-refractivity contribution in [3.05, 3.63) is 75.1 Å². The predicted molar refractivity (Wildman–Crippen MR) is 90.6 cm³/mol. The SMILES string of the molecule is O=C(c1ccc(F)cc1F)N1CCN(Cc2ccc([N+](=O)[O-])c(F)c2)CC1. The van der Waals surface area contributed by atoms with Crippen molar-refractivity contribution in [2.75, 3.05) is 26.2 Å². The van der Waals surface area contributed by atoms with E-state index >= 15 is 0 Å². The first-order chi connectivity index (χ1) is 12.8. The Morgan fingerprint density at radius 2 is 1.70 bits per heavy atom. The lowest BCUT2D eigenvalue weighted by Crippen LogP contribution is -2.48. The first kappa shape index (κ1) is 18.8. The van der Waals surface area contributed by atoms with E-state index in [-0.39, 0.29) is 5.56 Å². The molecule has 1 fully saturated rings. The third-order valence-corrected chi connectivity index (χ3v) is 4.44. The molecule has 1 heterocycles. The number of halogens is 3. The van der Waals surface area contributed by atoms with Crippen LogP contribution in [0, 0.1) is 27.6 Å². The number of nitrogens with zero attached hydrogens (tertiary/aromatic N) is 3. The Morgan fingerprint density at radius 3 is 2.30 bits per heavy atom. The van der Waals surface area contributed by atoms with E-state index in [0.717, 1.165) is 24.3 Å². The van der Waals surface area contributed by atoms with Gasteiger partial charge < -0.3 is 4.90 Å². The maximum absolute atomic E-state index is 13.8. The highest BCUT2D eigenvalue weighted by Crippen LogP contribution is 2.20. The number of hydrogen-bond donors (Lipinski definition) is 0. The molecule has 1 aliphatic heterocycles. The van der Waals surface area contributed by atoms with Gasteiger partial charge in [0, 0.05) is 44.9 Å². The zero-order valence-corrected chi connectivity index (χ0v) is 14.2. The normalized spacial score (nSPS) is 15.0. The molecule has 0 N–H and O–H groups in total. The maximum Gasteiger partial charge on any atom is 0.304 e. The third-order valence-electron chi connectivity index (χ3n) is 4.44. The molecule has 1 amide bonds. The van der Waals surface area contributed by atoms with Gasteiger partial charge in [-0.1, -0.05) is 6.07 Å². The van der Waals surface area contributed by atoms with E-state index in [1.165, 1.54) is 11.0 Å². The summed E-state index contributed by atoms with van der Waals surface area (Å²) in [7, 11) is 0. The van der Waals surface area contributed by atoms with Crippen molar-refractivity contribution in [1.82, 2.24) is 9.80 Å². The van der Waals surface area contributed by atoms with Crippen molar-refractivity contribution < 1.29 is 22.9 Å². The Morgan fingerprint density at radius 1 is 1.00 bits per heavy atom. The van der Waals surface area contributed by atoms with Crippen LogP contribution >= 0.6 is 0 Å². The van der Waals surface area contributed by atoms with Crippen molar-refractivity contribution in [3.63, 3.8) is 0 Å². The number of carbonyl (C=O) groups excluding carboxylic acids is 1. The molecule has 0 unspecified atom stereocenters. The van der Waals surface area contributed by atoms with E-state index in [1.54, 1.807) is 0 Å². The van der Waals surface area contributed by atoms with Crippen LogP contribution in [0.3, 0.4) is 0 Å². The van der Waals surface area contributed by atoms with Crippen molar-refractivity contribution >= 4 is 11.6 Å². The molecule has 2 aromatic rings. The number of benzene rings is 2. The van der Waals surface area contributed by atoms with Gasteiger partial charge >= 0.3 is 5.69 Å². The summed E-state index contributed by atoms with van der Waals surface area (Å²) in [5.41, 5.74) is -0.166. The van der Waals surface area contributed by atoms with Crippen LogP contribution in [0.2, 0.25) is 0 Å². The monoisotopic (exact) mass is 379 g/mol. The van der Waals surface area contributed by atoms with Crippen LogP contribution in [0.5, 0.6) is 0 Å². The van der Waals surface area contributed by atoms with Gasteiger partial charge in [-0.3, -0.25) is 19.8 Å². The highest BCUT2D eigenvalue weighted by atomic mass is 19.1. The van der Waals surface area contributed by atoms with Crippen LogP contribution in [0.1, 0.15) is 15.9 Å². The molecule has 0 radical (unpaired) electrons. The number of nitro benzene ring substituents is 1. The van der Waals surface area contributed by atoms with Crippen LogP contribution in [0.25, 0.3) is 0 Å². The average Bonchev–Trinajstić information content (AvgIpc) is 2.61. The fourth-order valence-electron chi connectivity index (χ4n) is 3.00. The molecular formula is C18H16F3N3O3. The van der Waals surface area contributed by atoms with E-state index < -0.39 is 34.0 Å². The molecule has 1 saturated heterocycles. The highest BCUT2D eigenvalue weighted by Gasteiger charge is 2.24. The van der Waals surface area contributed by atoms with Crippen molar-refractivity contribution in [1.29, 1.82) is 0 Å². The van der Waals surface area contributed by atoms with Crippen LogP contribution in [-0.2, 0) is 6.54 Å². The van der Waals surface area contributed by atoms with Crippen LogP contribution in [0.15, 0.2) is 36.4 Å². The lowest BCUT2D eigenvalue weighted by molar-refractivity contribution is -0.387. The van der Waals surface area contributed by atoms with E-state index in [1.807, 2.05) is 4.90 Å². The zero-order valence-electron chi connectivity index (χ0n) is 14.2. The maximum atomic E-state index is 13.8. The Kier molecular flexibility index (Phi) is 5.41. The summed E-state index contributed by atoms with van der Waals surface area (Å²) in [5.74, 6) is -3.04. The first-order valence-corrected chi connectivity index (χ1v) is 8.24. The first-order valence-electron chi connectivity index (χ1n) is 8.24. The second kappa shape index (κ2) is 7.75. The quantitative estimate of drug-likeness (QED) is 0.605. The topological polar surface area (TPSA) is 66.7 Å². The summed E-state index contributed by atoms with van der Waals surface area (Å²) in [6.45, 7) is 2.01. The lowest BCUT2D eigenvalue weighted by Gasteiger charge is -2.34. The van der Waals surface area contributed by atoms with Crippen LogP contribution in [0.4, 0.5) is 18.9 Å². The van der Waals surface area contributed by atoms with Gasteiger partial charge in [-0.05, 0) is 23.8 Å². The van der Waals surface area contributed by atoms with Crippen molar-refractivity contribution in [2.45, 2.75) is 6.54 Å². The Bertz CT molecular complexity index is 883. The van der Waals surface area contributed by atoms with E-state index in [4.69, 9.17) is 0 Å². The minimum Gasteiger partial charge on any atom is -0.336 e. The van der Waals surface area contributed by atoms with Gasteiger partial charge in [-0.2, -0.15) is 4.39 Å². The molecule has 6 nitrogen and oxygen atoms in total. The predicted octanol–water partition coefficient (Wildman–Crippen LogP) is 2.97. The molecule has 142 valence electrons. The van der Waals surface area contributed by atoms with Gasteiger partial charge in [0.15, 0.2) is 0 Å². The average molecular weight is 379 g/mol. The summed E-state index contributed by atoms with van der Waals surface area (Å²) in [5, 5.41) is 10.7. The summed E-state index contributed by atoms with van der Waals surface area (Å²) in [6, 6.07) is 6.58. The summed E-state index contributed by atoms with van der Waals surface area (Å²) in [4.78, 5) is 25.7. The molecule has 0 aliphatic carbocycles. The Balaban J connectivity index is 1.59. The fraction of sp³-hybridized carbons (Fsp3) is 0.278. The minimum atomic E-state index is -0.899. The second-order valence-corrected chi connectivity index (χ2v) is 6.24. The molecule has 27 heavy (non-hydrogen) atoms. The number of hydrogen-bond acceptors (Lipinski definition) is 4. The third kappa shape index (κ3) is 4.25. The molecule has 0 saturated carbocycles. The molecular weight excluding hydrogens is 363 g/mol. The molecule has 0 atom stereocenters. The number of nitro groups is 1. The van der Waals surface area contributed by atoms with Gasteiger partial charge in [0.05, 0.1) is 10.5 Å². The number of rotatable bonds is 4. The second-order valence-electron chi connectivity index (χ2n) is 6.24. The van der Waals surface area contributed by atoms with Crippen molar-refractivity contribution in [2.24, 2.45) is 0 Å². The van der Waals surface area contributed by atoms with Gasteiger partial charge in [0.1, 0.15) is 11.6 Å². The molecule has 0 bridgehead atoms. The van der Waals surface area contributed by atoms with Crippen LogP contribution in [-0.4, -0.2) is 46.8 Å². The molecule has 0 aromatic heterocycles. The number of amides is 1. The van der Waals surface area contributed by atoms with Crippen molar-refractivity contribution in [3.8, 4) is 0 Å². The van der Waals surface area contributed by atoms with Gasteiger partial charge in [-0.15, -0.1) is 0 Å². The largest absolute Gasteiger partial charge is 0.336 e. The molecule has 0 spiro atoms. The molecule has 9 heteroatoms. The van der Waals surface area contributed by atoms with E-state index in [2.05, 4.69) is 0 Å².